The van der Waals surface area contributed by atoms with E-state index < -0.39 is 0 Å². The summed E-state index contributed by atoms with van der Waals surface area (Å²) in [5.74, 6) is 0.663. The number of furan rings is 1. The molecule has 0 aromatic carbocycles. The van der Waals surface area contributed by atoms with Crippen LogP contribution in [-0.4, -0.2) is 25.5 Å². The number of hydrogen-bond donors (Lipinski definition) is 2. The van der Waals surface area contributed by atoms with Crippen molar-refractivity contribution in [3.63, 3.8) is 0 Å². The van der Waals surface area contributed by atoms with Crippen molar-refractivity contribution in [3.05, 3.63) is 24.2 Å². The number of carbonyl (C=O) groups excluding carboxylic acids is 1. The van der Waals surface area contributed by atoms with E-state index in [-0.39, 0.29) is 18.3 Å². The van der Waals surface area contributed by atoms with Gasteiger partial charge >= 0.3 is 0 Å². The van der Waals surface area contributed by atoms with Crippen LogP contribution in [0.25, 0.3) is 0 Å². The lowest BCUT2D eigenvalue weighted by Crippen LogP contribution is -2.33. The van der Waals surface area contributed by atoms with Gasteiger partial charge in [0.1, 0.15) is 6.26 Å². The number of rotatable bonds is 4. The van der Waals surface area contributed by atoms with Gasteiger partial charge in [0, 0.05) is 6.54 Å². The molecule has 0 saturated carbocycles. The molecule has 1 aliphatic rings. The number of carbonyl (C=O) groups is 1. The first kappa shape index (κ1) is 14.1. The zero-order valence-electron chi connectivity index (χ0n) is 9.78. The first-order valence-electron chi connectivity index (χ1n) is 5.87. The fourth-order valence-electron chi connectivity index (χ4n) is 2.06. The molecule has 1 fully saturated rings. The van der Waals surface area contributed by atoms with Gasteiger partial charge in [-0.25, -0.2) is 0 Å². The SMILES string of the molecule is Cl.O=C(NCCC1CCCNC1)c1ccoc1. The molecule has 17 heavy (non-hydrogen) atoms. The van der Waals surface area contributed by atoms with Gasteiger partial charge in [-0.05, 0) is 44.3 Å². The Balaban J connectivity index is 0.00000144. The van der Waals surface area contributed by atoms with Gasteiger partial charge in [-0.3, -0.25) is 4.79 Å². The molecule has 2 N–H and O–H groups in total. The predicted molar refractivity (Wildman–Crippen MR) is 68.5 cm³/mol. The van der Waals surface area contributed by atoms with E-state index in [1.807, 2.05) is 0 Å². The number of hydrogen-bond acceptors (Lipinski definition) is 3. The Morgan fingerprint density at radius 2 is 2.47 bits per heavy atom. The van der Waals surface area contributed by atoms with E-state index in [9.17, 15) is 4.79 Å². The zero-order chi connectivity index (χ0) is 11.2. The van der Waals surface area contributed by atoms with Crippen LogP contribution in [0, 0.1) is 5.92 Å². The minimum atomic E-state index is -0.0440. The summed E-state index contributed by atoms with van der Waals surface area (Å²) in [6.07, 6.45) is 6.56. The van der Waals surface area contributed by atoms with Gasteiger partial charge < -0.3 is 15.1 Å². The van der Waals surface area contributed by atoms with Crippen LogP contribution in [0.5, 0.6) is 0 Å². The van der Waals surface area contributed by atoms with Crippen molar-refractivity contribution in [1.82, 2.24) is 10.6 Å². The van der Waals surface area contributed by atoms with E-state index in [2.05, 4.69) is 10.6 Å². The Morgan fingerprint density at radius 1 is 1.59 bits per heavy atom. The predicted octanol–water partition coefficient (Wildman–Crippen LogP) is 1.82. The number of halogens is 1. The maximum atomic E-state index is 11.6. The summed E-state index contributed by atoms with van der Waals surface area (Å²) in [5.41, 5.74) is 0.599. The molecule has 0 aliphatic carbocycles. The topological polar surface area (TPSA) is 54.3 Å². The van der Waals surface area contributed by atoms with Gasteiger partial charge in [-0.2, -0.15) is 0 Å². The molecule has 1 saturated heterocycles. The van der Waals surface area contributed by atoms with E-state index in [4.69, 9.17) is 4.42 Å². The number of amides is 1. The van der Waals surface area contributed by atoms with Gasteiger partial charge in [0.15, 0.2) is 0 Å². The highest BCUT2D eigenvalue weighted by molar-refractivity contribution is 5.93. The summed E-state index contributed by atoms with van der Waals surface area (Å²) >= 11 is 0. The highest BCUT2D eigenvalue weighted by Crippen LogP contribution is 2.12. The van der Waals surface area contributed by atoms with Crippen LogP contribution in [0.4, 0.5) is 0 Å². The van der Waals surface area contributed by atoms with E-state index >= 15 is 0 Å². The van der Waals surface area contributed by atoms with Crippen LogP contribution in [0.2, 0.25) is 0 Å². The monoisotopic (exact) mass is 258 g/mol. The highest BCUT2D eigenvalue weighted by Gasteiger charge is 2.13. The second-order valence-electron chi connectivity index (χ2n) is 4.27. The van der Waals surface area contributed by atoms with Gasteiger partial charge in [-0.1, -0.05) is 0 Å². The molecule has 1 aromatic rings. The minimum absolute atomic E-state index is 0. The molecule has 1 aromatic heterocycles. The lowest BCUT2D eigenvalue weighted by Gasteiger charge is -2.22. The maximum Gasteiger partial charge on any atom is 0.254 e. The third kappa shape index (κ3) is 4.40. The quantitative estimate of drug-likeness (QED) is 0.866. The average molecular weight is 259 g/mol. The van der Waals surface area contributed by atoms with Crippen LogP contribution >= 0.6 is 12.4 Å². The second kappa shape index (κ2) is 7.35. The molecule has 0 bridgehead atoms. The van der Waals surface area contributed by atoms with Crippen LogP contribution in [0.3, 0.4) is 0 Å². The minimum Gasteiger partial charge on any atom is -0.472 e. The molecule has 4 nitrogen and oxygen atoms in total. The molecule has 1 amide bonds. The van der Waals surface area contributed by atoms with E-state index in [1.165, 1.54) is 25.4 Å². The fourth-order valence-corrected chi connectivity index (χ4v) is 2.06. The first-order chi connectivity index (χ1) is 7.86. The Morgan fingerprint density at radius 3 is 3.12 bits per heavy atom. The summed E-state index contributed by atoms with van der Waals surface area (Å²) in [4.78, 5) is 11.6. The van der Waals surface area contributed by atoms with Crippen molar-refractivity contribution >= 4 is 18.3 Å². The Hall–Kier alpha value is -1.00. The van der Waals surface area contributed by atoms with Crippen molar-refractivity contribution < 1.29 is 9.21 Å². The largest absolute Gasteiger partial charge is 0.472 e. The summed E-state index contributed by atoms with van der Waals surface area (Å²) in [6.45, 7) is 2.97. The molecule has 0 radical (unpaired) electrons. The van der Waals surface area contributed by atoms with E-state index in [0.717, 1.165) is 26.1 Å². The van der Waals surface area contributed by atoms with Crippen molar-refractivity contribution in [2.45, 2.75) is 19.3 Å². The molecule has 2 rings (SSSR count). The van der Waals surface area contributed by atoms with Crippen molar-refractivity contribution in [1.29, 1.82) is 0 Å². The molecular weight excluding hydrogens is 240 g/mol. The normalized spacial score (nSPS) is 19.4. The summed E-state index contributed by atoms with van der Waals surface area (Å²) in [5, 5.41) is 6.28. The fraction of sp³-hybridized carbons (Fsp3) is 0.583. The smallest absolute Gasteiger partial charge is 0.254 e. The molecule has 1 aliphatic heterocycles. The van der Waals surface area contributed by atoms with Crippen molar-refractivity contribution in [2.24, 2.45) is 5.92 Å². The van der Waals surface area contributed by atoms with Crippen molar-refractivity contribution in [2.75, 3.05) is 19.6 Å². The molecule has 96 valence electrons. The molecule has 1 atom stereocenters. The van der Waals surface area contributed by atoms with Crippen LogP contribution in [0.15, 0.2) is 23.0 Å². The van der Waals surface area contributed by atoms with E-state index in [1.54, 1.807) is 6.07 Å². The lowest BCUT2D eigenvalue weighted by molar-refractivity contribution is 0.0950. The summed E-state index contributed by atoms with van der Waals surface area (Å²) in [6, 6.07) is 1.68. The average Bonchev–Trinajstić information content (AvgIpc) is 2.84. The summed E-state index contributed by atoms with van der Waals surface area (Å²) in [7, 11) is 0. The van der Waals surface area contributed by atoms with E-state index in [0.29, 0.717) is 11.5 Å². The molecule has 2 heterocycles. The number of piperidine rings is 1. The highest BCUT2D eigenvalue weighted by atomic mass is 35.5. The molecule has 0 spiro atoms. The molecule has 5 heteroatoms. The zero-order valence-corrected chi connectivity index (χ0v) is 10.6. The molecular formula is C12H19ClN2O2. The van der Waals surface area contributed by atoms with Gasteiger partial charge in [0.2, 0.25) is 0 Å². The van der Waals surface area contributed by atoms with Crippen LogP contribution in [0.1, 0.15) is 29.6 Å². The van der Waals surface area contributed by atoms with Gasteiger partial charge in [0.25, 0.3) is 5.91 Å². The maximum absolute atomic E-state index is 11.6. The standard InChI is InChI=1S/C12H18N2O2.ClH/c15-12(11-4-7-16-9-11)14-6-3-10-2-1-5-13-8-10;/h4,7,9-10,13H,1-3,5-6,8H2,(H,14,15);1H. The third-order valence-corrected chi connectivity index (χ3v) is 3.02. The van der Waals surface area contributed by atoms with Crippen LogP contribution in [-0.2, 0) is 0 Å². The van der Waals surface area contributed by atoms with Crippen molar-refractivity contribution in [3.8, 4) is 0 Å². The van der Waals surface area contributed by atoms with Crippen LogP contribution < -0.4 is 10.6 Å². The Bertz CT molecular complexity index is 321. The third-order valence-electron chi connectivity index (χ3n) is 3.02. The Labute approximate surface area is 108 Å². The van der Waals surface area contributed by atoms with Gasteiger partial charge in [0.05, 0.1) is 11.8 Å². The lowest BCUT2D eigenvalue weighted by atomic mass is 9.96. The molecule has 1 unspecified atom stereocenters. The second-order valence-corrected chi connectivity index (χ2v) is 4.27. The van der Waals surface area contributed by atoms with Gasteiger partial charge in [-0.15, -0.1) is 12.4 Å². The Kier molecular flexibility index (Phi) is 6.08. The first-order valence-corrected chi connectivity index (χ1v) is 5.87. The number of nitrogens with one attached hydrogen (secondary N) is 2. The summed E-state index contributed by atoms with van der Waals surface area (Å²) < 4.78 is 4.86.